The van der Waals surface area contributed by atoms with Crippen molar-refractivity contribution in [2.45, 2.75) is 39.5 Å². The van der Waals surface area contributed by atoms with E-state index in [-0.39, 0.29) is 24.1 Å². The number of rotatable bonds is 6. The van der Waals surface area contributed by atoms with Crippen LogP contribution in [-0.2, 0) is 25.6 Å². The van der Waals surface area contributed by atoms with Crippen LogP contribution in [0.4, 0.5) is 0 Å². The predicted octanol–water partition coefficient (Wildman–Crippen LogP) is 3.00. The van der Waals surface area contributed by atoms with Crippen molar-refractivity contribution >= 4 is 40.2 Å². The SMILES string of the molecule is CC1=C(C(=O)OC(C)C)C(c2ccccc2)n2c(sc(=Cc3cn(CC(=O)N4CCOCC4)c4ccccc34)c2=O)=N1. The van der Waals surface area contributed by atoms with Crippen LogP contribution in [-0.4, -0.2) is 58.3 Å². The fourth-order valence-corrected chi connectivity index (χ4v) is 6.57. The van der Waals surface area contributed by atoms with Crippen LogP contribution in [0.3, 0.4) is 0 Å². The first-order valence-electron chi connectivity index (χ1n) is 14.0. The fraction of sp³-hybridized carbons (Fsp3) is 0.312. The van der Waals surface area contributed by atoms with Crippen LogP contribution < -0.4 is 14.9 Å². The van der Waals surface area contributed by atoms with E-state index in [1.807, 2.05) is 76.3 Å². The zero-order valence-corrected chi connectivity index (χ0v) is 24.6. The Morgan fingerprint density at radius 2 is 1.81 bits per heavy atom. The van der Waals surface area contributed by atoms with E-state index in [9.17, 15) is 14.4 Å². The molecule has 1 fully saturated rings. The van der Waals surface area contributed by atoms with Crippen LogP contribution in [0.5, 0.6) is 0 Å². The smallest absolute Gasteiger partial charge is 0.338 e. The number of thiazole rings is 1. The number of benzene rings is 2. The maximum atomic E-state index is 14.1. The van der Waals surface area contributed by atoms with Crippen molar-refractivity contribution in [3.63, 3.8) is 0 Å². The summed E-state index contributed by atoms with van der Waals surface area (Å²) in [7, 11) is 0. The number of aromatic nitrogens is 2. The van der Waals surface area contributed by atoms with Crippen molar-refractivity contribution in [2.75, 3.05) is 26.3 Å². The van der Waals surface area contributed by atoms with Crippen LogP contribution in [0.25, 0.3) is 17.0 Å². The summed E-state index contributed by atoms with van der Waals surface area (Å²) in [5.74, 6) is -0.452. The predicted molar refractivity (Wildman–Crippen MR) is 161 cm³/mol. The number of amides is 1. The number of carbonyl (C=O) groups excluding carboxylic acids is 2. The highest BCUT2D eigenvalue weighted by atomic mass is 32.1. The topological polar surface area (TPSA) is 95.1 Å². The average molecular weight is 585 g/mol. The number of hydrogen-bond donors (Lipinski definition) is 0. The van der Waals surface area contributed by atoms with E-state index in [0.717, 1.165) is 22.0 Å². The molecule has 10 heteroatoms. The quantitative estimate of drug-likeness (QED) is 0.325. The van der Waals surface area contributed by atoms with Crippen LogP contribution in [0, 0.1) is 0 Å². The molecule has 1 unspecified atom stereocenters. The molecule has 42 heavy (non-hydrogen) atoms. The maximum absolute atomic E-state index is 14.1. The maximum Gasteiger partial charge on any atom is 0.338 e. The summed E-state index contributed by atoms with van der Waals surface area (Å²) in [6.07, 6.45) is 3.47. The Hall–Kier alpha value is -4.28. The number of morpholine rings is 1. The molecule has 2 aliphatic heterocycles. The lowest BCUT2D eigenvalue weighted by atomic mass is 9.96. The summed E-state index contributed by atoms with van der Waals surface area (Å²) in [5, 5.41) is 0.940. The summed E-state index contributed by atoms with van der Waals surface area (Å²) in [6.45, 7) is 7.83. The summed E-state index contributed by atoms with van der Waals surface area (Å²) in [5.41, 5.74) is 3.18. The minimum absolute atomic E-state index is 0.0316. The molecule has 2 aromatic carbocycles. The van der Waals surface area contributed by atoms with E-state index in [1.165, 1.54) is 11.3 Å². The molecule has 0 N–H and O–H groups in total. The highest BCUT2D eigenvalue weighted by Crippen LogP contribution is 2.31. The van der Waals surface area contributed by atoms with Gasteiger partial charge in [-0.05, 0) is 38.5 Å². The Bertz CT molecular complexity index is 1880. The molecule has 6 rings (SSSR count). The van der Waals surface area contributed by atoms with Gasteiger partial charge in [0.05, 0.1) is 41.2 Å². The highest BCUT2D eigenvalue weighted by molar-refractivity contribution is 7.07. The molecule has 0 saturated carbocycles. The molecule has 0 spiro atoms. The molecule has 4 heterocycles. The average Bonchev–Trinajstić information content (AvgIpc) is 3.49. The van der Waals surface area contributed by atoms with Crippen LogP contribution in [0.1, 0.15) is 37.9 Å². The fourth-order valence-electron chi connectivity index (χ4n) is 5.53. The number of fused-ring (bicyclic) bond motifs is 2. The summed E-state index contributed by atoms with van der Waals surface area (Å²) >= 11 is 1.28. The second kappa shape index (κ2) is 11.5. The number of para-hydroxylation sites is 1. The molecule has 1 amide bonds. The number of allylic oxidation sites excluding steroid dienone is 1. The van der Waals surface area contributed by atoms with E-state index in [4.69, 9.17) is 9.47 Å². The Balaban J connectivity index is 1.45. The molecule has 1 saturated heterocycles. The number of ether oxygens (including phenoxy) is 2. The zero-order chi connectivity index (χ0) is 29.4. The van der Waals surface area contributed by atoms with E-state index in [2.05, 4.69) is 4.99 Å². The van der Waals surface area contributed by atoms with Gasteiger partial charge >= 0.3 is 5.97 Å². The van der Waals surface area contributed by atoms with Crippen molar-refractivity contribution in [1.29, 1.82) is 0 Å². The summed E-state index contributed by atoms with van der Waals surface area (Å²) < 4.78 is 15.0. The van der Waals surface area contributed by atoms with E-state index < -0.39 is 12.0 Å². The van der Waals surface area contributed by atoms with Crippen molar-refractivity contribution in [3.05, 3.63) is 103 Å². The van der Waals surface area contributed by atoms with Crippen molar-refractivity contribution < 1.29 is 19.1 Å². The van der Waals surface area contributed by atoms with Crippen molar-refractivity contribution in [3.8, 4) is 0 Å². The van der Waals surface area contributed by atoms with Gasteiger partial charge in [-0.1, -0.05) is 59.9 Å². The molecule has 0 bridgehead atoms. The Morgan fingerprint density at radius 1 is 1.10 bits per heavy atom. The lowest BCUT2D eigenvalue weighted by Gasteiger charge is -2.27. The van der Waals surface area contributed by atoms with Gasteiger partial charge in [-0.3, -0.25) is 14.2 Å². The molecule has 0 aliphatic carbocycles. The van der Waals surface area contributed by atoms with Gasteiger partial charge in [0.2, 0.25) is 5.91 Å². The number of esters is 1. The Labute approximate surface area is 246 Å². The van der Waals surface area contributed by atoms with Gasteiger partial charge < -0.3 is 18.9 Å². The summed E-state index contributed by atoms with van der Waals surface area (Å²) in [6, 6.07) is 16.7. The molecular weight excluding hydrogens is 552 g/mol. The van der Waals surface area contributed by atoms with Gasteiger partial charge in [-0.15, -0.1) is 0 Å². The monoisotopic (exact) mass is 584 g/mol. The first-order valence-corrected chi connectivity index (χ1v) is 14.9. The van der Waals surface area contributed by atoms with E-state index >= 15 is 0 Å². The van der Waals surface area contributed by atoms with Gasteiger partial charge in [0.1, 0.15) is 6.54 Å². The second-order valence-corrected chi connectivity index (χ2v) is 11.7. The first kappa shape index (κ1) is 27.9. The summed E-state index contributed by atoms with van der Waals surface area (Å²) in [4.78, 5) is 47.4. The lowest BCUT2D eigenvalue weighted by molar-refractivity contribution is -0.143. The van der Waals surface area contributed by atoms with Crippen LogP contribution in [0.15, 0.2) is 81.9 Å². The lowest BCUT2D eigenvalue weighted by Crippen LogP contribution is -2.42. The molecular formula is C32H32N4O5S. The van der Waals surface area contributed by atoms with Gasteiger partial charge in [-0.2, -0.15) is 0 Å². The Kier molecular flexibility index (Phi) is 7.66. The molecule has 4 aromatic rings. The second-order valence-electron chi connectivity index (χ2n) is 10.7. The van der Waals surface area contributed by atoms with Gasteiger partial charge in [0.15, 0.2) is 4.80 Å². The Morgan fingerprint density at radius 3 is 2.55 bits per heavy atom. The molecule has 9 nitrogen and oxygen atoms in total. The van der Waals surface area contributed by atoms with Crippen molar-refractivity contribution in [2.24, 2.45) is 4.99 Å². The zero-order valence-electron chi connectivity index (χ0n) is 23.8. The molecule has 2 aromatic heterocycles. The normalized spacial score (nSPS) is 17.5. The van der Waals surface area contributed by atoms with E-state index in [0.29, 0.717) is 46.9 Å². The molecule has 1 atom stereocenters. The first-order chi connectivity index (χ1) is 20.3. The third-order valence-corrected chi connectivity index (χ3v) is 8.46. The largest absolute Gasteiger partial charge is 0.459 e. The van der Waals surface area contributed by atoms with Crippen LogP contribution >= 0.6 is 11.3 Å². The van der Waals surface area contributed by atoms with Crippen LogP contribution in [0.2, 0.25) is 0 Å². The molecule has 0 radical (unpaired) electrons. The van der Waals surface area contributed by atoms with Gasteiger partial charge in [0.25, 0.3) is 5.56 Å². The minimum atomic E-state index is -0.664. The van der Waals surface area contributed by atoms with E-state index in [1.54, 1.807) is 25.3 Å². The standard InChI is InChI=1S/C32H32N4O5S/c1-20(2)41-31(39)28-21(3)33-32-36(29(28)22-9-5-4-6-10-22)30(38)26(42-32)17-23-18-35(25-12-8-7-11-24(23)25)19-27(37)34-13-15-40-16-14-34/h4-12,17-18,20,29H,13-16,19H2,1-3H3. The third-order valence-electron chi connectivity index (χ3n) is 7.48. The number of nitrogens with zero attached hydrogens (tertiary/aromatic N) is 4. The van der Waals surface area contributed by atoms with Gasteiger partial charge in [0, 0.05) is 35.8 Å². The third kappa shape index (κ3) is 5.23. The molecule has 2 aliphatic rings. The minimum Gasteiger partial charge on any atom is -0.459 e. The van der Waals surface area contributed by atoms with Gasteiger partial charge in [-0.25, -0.2) is 9.79 Å². The highest BCUT2D eigenvalue weighted by Gasteiger charge is 2.33. The number of hydrogen-bond acceptors (Lipinski definition) is 7. The number of carbonyl (C=O) groups is 2. The van der Waals surface area contributed by atoms with Crippen molar-refractivity contribution in [1.82, 2.24) is 14.0 Å². The molecule has 216 valence electrons.